The lowest BCUT2D eigenvalue weighted by atomic mass is 9.84. The van der Waals surface area contributed by atoms with E-state index in [2.05, 4.69) is 25.9 Å². The van der Waals surface area contributed by atoms with Crippen LogP contribution in [0.3, 0.4) is 0 Å². The van der Waals surface area contributed by atoms with Gasteiger partial charge in [-0.2, -0.15) is 9.78 Å². The van der Waals surface area contributed by atoms with E-state index in [1.54, 1.807) is 6.07 Å². The van der Waals surface area contributed by atoms with Crippen LogP contribution in [0.1, 0.15) is 32.0 Å². The van der Waals surface area contributed by atoms with Gasteiger partial charge in [-0.05, 0) is 24.0 Å². The molecule has 0 spiro atoms. The van der Waals surface area contributed by atoms with E-state index in [1.165, 1.54) is 0 Å². The van der Waals surface area contributed by atoms with Gasteiger partial charge in [-0.25, -0.2) is 4.79 Å². The monoisotopic (exact) mass is 232 g/mol. The van der Waals surface area contributed by atoms with E-state index in [0.717, 1.165) is 21.3 Å². The van der Waals surface area contributed by atoms with Gasteiger partial charge < -0.3 is 5.11 Å². The highest BCUT2D eigenvalue weighted by Crippen LogP contribution is 2.31. The number of aryl methyl sites for hydroxylation is 1. The Bertz CT molecular complexity index is 591. The minimum atomic E-state index is -1.05. The first-order valence-electron chi connectivity index (χ1n) is 5.54. The molecule has 2 aromatic rings. The van der Waals surface area contributed by atoms with Crippen molar-refractivity contribution in [1.29, 1.82) is 0 Å². The van der Waals surface area contributed by atoms with Gasteiger partial charge in [-0.1, -0.05) is 32.9 Å². The summed E-state index contributed by atoms with van der Waals surface area (Å²) in [7, 11) is 0. The number of hydrogen-bond acceptors (Lipinski definition) is 2. The van der Waals surface area contributed by atoms with Crippen LogP contribution in [0.2, 0.25) is 0 Å². The first kappa shape index (κ1) is 11.6. The van der Waals surface area contributed by atoms with E-state index < -0.39 is 6.09 Å². The normalized spacial score (nSPS) is 12.0. The number of nitrogens with zero attached hydrogens (tertiary/aromatic N) is 2. The maximum Gasteiger partial charge on any atom is 0.432 e. The van der Waals surface area contributed by atoms with E-state index in [1.807, 2.05) is 19.1 Å². The zero-order valence-corrected chi connectivity index (χ0v) is 10.5. The van der Waals surface area contributed by atoms with Gasteiger partial charge in [-0.15, -0.1) is 0 Å². The van der Waals surface area contributed by atoms with Crippen molar-refractivity contribution < 1.29 is 9.90 Å². The summed E-state index contributed by atoms with van der Waals surface area (Å²) in [6, 6.07) is 5.70. The standard InChI is InChI=1S/C13H16N2O2/c1-8-11-9(13(2,3)4)6-5-7-10(11)15(14-8)12(16)17/h5-7H,1-4H3,(H,16,17). The molecule has 90 valence electrons. The quantitative estimate of drug-likeness (QED) is 0.759. The van der Waals surface area contributed by atoms with Crippen LogP contribution in [0.4, 0.5) is 4.79 Å². The van der Waals surface area contributed by atoms with E-state index in [-0.39, 0.29) is 5.41 Å². The summed E-state index contributed by atoms with van der Waals surface area (Å²) in [5.74, 6) is 0. The average Bonchev–Trinajstić information content (AvgIpc) is 2.55. The third-order valence-corrected chi connectivity index (χ3v) is 2.87. The molecule has 0 aliphatic carbocycles. The molecule has 0 unspecified atom stereocenters. The summed E-state index contributed by atoms with van der Waals surface area (Å²) >= 11 is 0. The van der Waals surface area contributed by atoms with Crippen LogP contribution in [-0.4, -0.2) is 21.0 Å². The van der Waals surface area contributed by atoms with Crippen molar-refractivity contribution in [3.63, 3.8) is 0 Å². The second-order valence-electron chi connectivity index (χ2n) is 5.23. The van der Waals surface area contributed by atoms with Gasteiger partial charge in [0.1, 0.15) is 0 Å². The SMILES string of the molecule is Cc1nn(C(=O)O)c2cccc(C(C)(C)C)c12. The van der Waals surface area contributed by atoms with Crippen molar-refractivity contribution in [3.8, 4) is 0 Å². The number of aromatic nitrogens is 2. The van der Waals surface area contributed by atoms with E-state index in [0.29, 0.717) is 5.52 Å². The zero-order chi connectivity index (χ0) is 12.8. The minimum Gasteiger partial charge on any atom is -0.463 e. The highest BCUT2D eigenvalue weighted by atomic mass is 16.4. The third kappa shape index (κ3) is 1.79. The molecule has 0 saturated carbocycles. The van der Waals surface area contributed by atoms with Crippen LogP contribution in [0, 0.1) is 6.92 Å². The highest BCUT2D eigenvalue weighted by Gasteiger charge is 2.21. The Balaban J connectivity index is 2.87. The van der Waals surface area contributed by atoms with Crippen LogP contribution >= 0.6 is 0 Å². The van der Waals surface area contributed by atoms with Crippen molar-refractivity contribution in [1.82, 2.24) is 9.78 Å². The largest absolute Gasteiger partial charge is 0.463 e. The Morgan fingerprint density at radius 3 is 2.53 bits per heavy atom. The molecule has 0 radical (unpaired) electrons. The molecule has 0 aliphatic rings. The topological polar surface area (TPSA) is 55.1 Å². The fourth-order valence-corrected chi connectivity index (χ4v) is 2.12. The van der Waals surface area contributed by atoms with Crippen LogP contribution in [0.25, 0.3) is 10.9 Å². The van der Waals surface area contributed by atoms with Crippen molar-refractivity contribution in [2.45, 2.75) is 33.1 Å². The summed E-state index contributed by atoms with van der Waals surface area (Å²) in [5.41, 5.74) is 2.51. The summed E-state index contributed by atoms with van der Waals surface area (Å²) in [5, 5.41) is 14.1. The number of carboxylic acid groups (broad SMARTS) is 1. The predicted octanol–water partition coefficient (Wildman–Crippen LogP) is 3.17. The second kappa shape index (κ2) is 3.58. The van der Waals surface area contributed by atoms with Gasteiger partial charge in [0, 0.05) is 5.39 Å². The lowest BCUT2D eigenvalue weighted by molar-refractivity contribution is 0.194. The van der Waals surface area contributed by atoms with Gasteiger partial charge >= 0.3 is 6.09 Å². The first-order chi connectivity index (χ1) is 7.82. The number of benzene rings is 1. The molecule has 0 aliphatic heterocycles. The molecule has 17 heavy (non-hydrogen) atoms. The average molecular weight is 232 g/mol. The smallest absolute Gasteiger partial charge is 0.432 e. The van der Waals surface area contributed by atoms with Gasteiger partial charge in [-0.3, -0.25) is 0 Å². The molecule has 0 fully saturated rings. The van der Waals surface area contributed by atoms with Crippen molar-refractivity contribution in [3.05, 3.63) is 29.5 Å². The van der Waals surface area contributed by atoms with Crippen LogP contribution in [-0.2, 0) is 5.41 Å². The molecule has 0 amide bonds. The second-order valence-corrected chi connectivity index (χ2v) is 5.23. The van der Waals surface area contributed by atoms with Crippen molar-refractivity contribution in [2.75, 3.05) is 0 Å². The minimum absolute atomic E-state index is 0.0311. The Labute approximate surface area is 99.9 Å². The number of carbonyl (C=O) groups is 1. The van der Waals surface area contributed by atoms with Crippen LogP contribution in [0.15, 0.2) is 18.2 Å². The lowest BCUT2D eigenvalue weighted by Crippen LogP contribution is -2.12. The summed E-state index contributed by atoms with van der Waals surface area (Å²) in [6.07, 6.45) is -1.05. The molecule has 0 saturated heterocycles. The summed E-state index contributed by atoms with van der Waals surface area (Å²) in [4.78, 5) is 11.1. The Morgan fingerprint density at radius 2 is 2.00 bits per heavy atom. The molecule has 2 rings (SSSR count). The highest BCUT2D eigenvalue weighted by molar-refractivity contribution is 5.91. The Kier molecular flexibility index (Phi) is 2.45. The Hall–Kier alpha value is -1.84. The molecular formula is C13H16N2O2. The molecule has 4 heteroatoms. The molecule has 0 bridgehead atoms. The van der Waals surface area contributed by atoms with E-state index in [4.69, 9.17) is 5.11 Å². The zero-order valence-electron chi connectivity index (χ0n) is 10.5. The fraction of sp³-hybridized carbons (Fsp3) is 0.385. The number of hydrogen-bond donors (Lipinski definition) is 1. The van der Waals surface area contributed by atoms with Crippen molar-refractivity contribution in [2.24, 2.45) is 0 Å². The maximum absolute atomic E-state index is 11.1. The third-order valence-electron chi connectivity index (χ3n) is 2.87. The summed E-state index contributed by atoms with van der Waals surface area (Å²) in [6.45, 7) is 8.18. The maximum atomic E-state index is 11.1. The predicted molar refractivity (Wildman–Crippen MR) is 66.6 cm³/mol. The van der Waals surface area contributed by atoms with E-state index >= 15 is 0 Å². The first-order valence-corrected chi connectivity index (χ1v) is 5.54. The van der Waals surface area contributed by atoms with Gasteiger partial charge in [0.05, 0.1) is 11.2 Å². The summed E-state index contributed by atoms with van der Waals surface area (Å²) < 4.78 is 1.04. The van der Waals surface area contributed by atoms with E-state index in [9.17, 15) is 4.79 Å². The molecule has 1 heterocycles. The van der Waals surface area contributed by atoms with Crippen LogP contribution in [0.5, 0.6) is 0 Å². The fourth-order valence-electron chi connectivity index (χ4n) is 2.12. The lowest BCUT2D eigenvalue weighted by Gasteiger charge is -2.20. The van der Waals surface area contributed by atoms with Gasteiger partial charge in [0.25, 0.3) is 0 Å². The van der Waals surface area contributed by atoms with Crippen molar-refractivity contribution >= 4 is 17.0 Å². The van der Waals surface area contributed by atoms with Crippen LogP contribution < -0.4 is 0 Å². The molecule has 1 N–H and O–H groups in total. The van der Waals surface area contributed by atoms with Gasteiger partial charge in [0.2, 0.25) is 0 Å². The molecular weight excluding hydrogens is 216 g/mol. The molecule has 4 nitrogen and oxygen atoms in total. The van der Waals surface area contributed by atoms with Gasteiger partial charge in [0.15, 0.2) is 0 Å². The molecule has 1 aromatic heterocycles. The number of rotatable bonds is 0. The molecule has 0 atom stereocenters. The number of fused-ring (bicyclic) bond motifs is 1. The molecule has 1 aromatic carbocycles. The Morgan fingerprint density at radius 1 is 1.35 bits per heavy atom.